The van der Waals surface area contributed by atoms with Crippen LogP contribution >= 0.6 is 0 Å². The fraction of sp³-hybridized carbons (Fsp3) is 0.0667. The third-order valence-electron chi connectivity index (χ3n) is 3.21. The molecule has 0 saturated carbocycles. The summed E-state index contributed by atoms with van der Waals surface area (Å²) in [5.74, 6) is 0.192. The lowest BCUT2D eigenvalue weighted by Gasteiger charge is -2.07. The molecule has 0 fully saturated rings. The number of pyridine rings is 2. The average Bonchev–Trinajstić information content (AvgIpc) is 2.41. The van der Waals surface area contributed by atoms with Gasteiger partial charge in [-0.1, -0.05) is 12.1 Å². The van der Waals surface area contributed by atoms with Gasteiger partial charge in [0.15, 0.2) is 0 Å². The molecule has 0 atom stereocenters. The standard InChI is InChI=1S/C15H12FN3/c1-9-13(7-18-8-14(9)16)11-3-2-10-5-15(17)19-6-12(10)4-11/h2-8H,1H3,(H2,17,19). The van der Waals surface area contributed by atoms with Gasteiger partial charge in [-0.05, 0) is 35.6 Å². The van der Waals surface area contributed by atoms with E-state index in [0.29, 0.717) is 11.4 Å². The summed E-state index contributed by atoms with van der Waals surface area (Å²) in [7, 11) is 0. The number of fused-ring (bicyclic) bond motifs is 1. The van der Waals surface area contributed by atoms with Crippen molar-refractivity contribution in [3.8, 4) is 11.1 Å². The summed E-state index contributed by atoms with van der Waals surface area (Å²) < 4.78 is 13.5. The normalized spacial score (nSPS) is 10.8. The first-order chi connectivity index (χ1) is 9.15. The van der Waals surface area contributed by atoms with Crippen LogP contribution in [0.3, 0.4) is 0 Å². The maximum absolute atomic E-state index is 13.5. The van der Waals surface area contributed by atoms with Crippen molar-refractivity contribution in [1.82, 2.24) is 9.97 Å². The predicted molar refractivity (Wildman–Crippen MR) is 74.1 cm³/mol. The first kappa shape index (κ1) is 11.6. The van der Waals surface area contributed by atoms with Crippen molar-refractivity contribution in [3.63, 3.8) is 0 Å². The van der Waals surface area contributed by atoms with Crippen LogP contribution in [0.2, 0.25) is 0 Å². The Kier molecular flexibility index (Phi) is 2.63. The zero-order valence-corrected chi connectivity index (χ0v) is 10.4. The van der Waals surface area contributed by atoms with Crippen molar-refractivity contribution in [1.29, 1.82) is 0 Å². The second kappa shape index (κ2) is 4.31. The summed E-state index contributed by atoms with van der Waals surface area (Å²) in [5, 5.41) is 1.98. The highest BCUT2D eigenvalue weighted by atomic mass is 19.1. The molecule has 3 nitrogen and oxygen atoms in total. The second-order valence-corrected chi connectivity index (χ2v) is 4.46. The van der Waals surface area contributed by atoms with Gasteiger partial charge in [0.1, 0.15) is 11.6 Å². The SMILES string of the molecule is Cc1c(F)cncc1-c1ccc2cc(N)ncc2c1. The molecule has 1 aromatic carbocycles. The number of nitrogens with two attached hydrogens (primary N) is 1. The Balaban J connectivity index is 2.20. The number of anilines is 1. The van der Waals surface area contributed by atoms with Crippen LogP contribution in [0.4, 0.5) is 10.2 Å². The Labute approximate surface area is 109 Å². The molecule has 3 aromatic rings. The highest BCUT2D eigenvalue weighted by Gasteiger charge is 2.07. The molecule has 0 aliphatic heterocycles. The van der Waals surface area contributed by atoms with Crippen LogP contribution in [0, 0.1) is 12.7 Å². The molecule has 0 saturated heterocycles. The number of benzene rings is 1. The Hall–Kier alpha value is -2.49. The predicted octanol–water partition coefficient (Wildman–Crippen LogP) is 3.33. The van der Waals surface area contributed by atoms with E-state index < -0.39 is 0 Å². The summed E-state index contributed by atoms with van der Waals surface area (Å²) in [6, 6.07) is 7.67. The minimum Gasteiger partial charge on any atom is -0.384 e. The quantitative estimate of drug-likeness (QED) is 0.723. The number of nitrogens with zero attached hydrogens (tertiary/aromatic N) is 2. The zero-order valence-electron chi connectivity index (χ0n) is 10.4. The molecule has 0 amide bonds. The zero-order chi connectivity index (χ0) is 13.4. The van der Waals surface area contributed by atoms with E-state index in [-0.39, 0.29) is 5.82 Å². The lowest BCUT2D eigenvalue weighted by molar-refractivity contribution is 0.613. The lowest BCUT2D eigenvalue weighted by Crippen LogP contribution is -1.91. The van der Waals surface area contributed by atoms with E-state index in [1.807, 2.05) is 24.3 Å². The van der Waals surface area contributed by atoms with Gasteiger partial charge in [-0.3, -0.25) is 4.98 Å². The molecule has 2 N–H and O–H groups in total. The van der Waals surface area contributed by atoms with Crippen LogP contribution in [0.25, 0.3) is 21.9 Å². The van der Waals surface area contributed by atoms with E-state index >= 15 is 0 Å². The van der Waals surface area contributed by atoms with Gasteiger partial charge < -0.3 is 5.73 Å². The fourth-order valence-electron chi connectivity index (χ4n) is 2.12. The van der Waals surface area contributed by atoms with Gasteiger partial charge in [0.05, 0.1) is 6.20 Å². The van der Waals surface area contributed by atoms with E-state index in [0.717, 1.165) is 21.9 Å². The molecule has 4 heteroatoms. The lowest BCUT2D eigenvalue weighted by atomic mass is 10.00. The van der Waals surface area contributed by atoms with Gasteiger partial charge in [0.2, 0.25) is 0 Å². The molecular formula is C15H12FN3. The number of aromatic nitrogens is 2. The van der Waals surface area contributed by atoms with Crippen molar-refractivity contribution in [2.75, 3.05) is 5.73 Å². The Morgan fingerprint density at radius 1 is 1.05 bits per heavy atom. The smallest absolute Gasteiger partial charge is 0.145 e. The van der Waals surface area contributed by atoms with Crippen molar-refractivity contribution in [2.45, 2.75) is 6.92 Å². The monoisotopic (exact) mass is 253 g/mol. The minimum absolute atomic E-state index is 0.298. The number of rotatable bonds is 1. The van der Waals surface area contributed by atoms with Gasteiger partial charge in [-0.25, -0.2) is 9.37 Å². The number of hydrogen-bond acceptors (Lipinski definition) is 3. The number of halogens is 1. The van der Waals surface area contributed by atoms with Gasteiger partial charge in [0.25, 0.3) is 0 Å². The molecule has 0 bridgehead atoms. The van der Waals surface area contributed by atoms with Crippen LogP contribution in [0.5, 0.6) is 0 Å². The Morgan fingerprint density at radius 2 is 1.89 bits per heavy atom. The van der Waals surface area contributed by atoms with E-state index in [1.165, 1.54) is 6.20 Å². The molecule has 0 unspecified atom stereocenters. The molecule has 2 aromatic heterocycles. The summed E-state index contributed by atoms with van der Waals surface area (Å²) in [6.07, 6.45) is 4.61. The molecule has 0 radical (unpaired) electrons. The average molecular weight is 253 g/mol. The van der Waals surface area contributed by atoms with Gasteiger partial charge in [-0.2, -0.15) is 0 Å². The molecule has 0 aliphatic carbocycles. The molecule has 3 rings (SSSR count). The summed E-state index contributed by atoms with van der Waals surface area (Å²) >= 11 is 0. The summed E-state index contributed by atoms with van der Waals surface area (Å²) in [5.41, 5.74) is 7.95. The molecule has 94 valence electrons. The van der Waals surface area contributed by atoms with Crippen LogP contribution in [-0.4, -0.2) is 9.97 Å². The fourth-order valence-corrected chi connectivity index (χ4v) is 2.12. The second-order valence-electron chi connectivity index (χ2n) is 4.46. The van der Waals surface area contributed by atoms with E-state index in [1.54, 1.807) is 19.3 Å². The van der Waals surface area contributed by atoms with Crippen molar-refractivity contribution in [3.05, 3.63) is 54.2 Å². The molecule has 2 heterocycles. The van der Waals surface area contributed by atoms with Crippen LogP contribution in [0.1, 0.15) is 5.56 Å². The molecule has 0 spiro atoms. The van der Waals surface area contributed by atoms with Crippen LogP contribution < -0.4 is 5.73 Å². The van der Waals surface area contributed by atoms with Crippen molar-refractivity contribution < 1.29 is 4.39 Å². The van der Waals surface area contributed by atoms with Crippen LogP contribution in [-0.2, 0) is 0 Å². The van der Waals surface area contributed by atoms with E-state index in [9.17, 15) is 4.39 Å². The number of hydrogen-bond donors (Lipinski definition) is 1. The van der Waals surface area contributed by atoms with Gasteiger partial charge in [0, 0.05) is 23.3 Å². The Bertz CT molecular complexity index is 768. The minimum atomic E-state index is -0.298. The van der Waals surface area contributed by atoms with Crippen LogP contribution in [0.15, 0.2) is 42.9 Å². The summed E-state index contributed by atoms with van der Waals surface area (Å²) in [6.45, 7) is 1.75. The van der Waals surface area contributed by atoms with E-state index in [2.05, 4.69) is 9.97 Å². The number of nitrogen functional groups attached to an aromatic ring is 1. The maximum atomic E-state index is 13.5. The highest BCUT2D eigenvalue weighted by molar-refractivity contribution is 5.88. The third kappa shape index (κ3) is 2.01. The summed E-state index contributed by atoms with van der Waals surface area (Å²) in [4.78, 5) is 7.98. The van der Waals surface area contributed by atoms with Crippen molar-refractivity contribution in [2.24, 2.45) is 0 Å². The maximum Gasteiger partial charge on any atom is 0.145 e. The first-order valence-corrected chi connectivity index (χ1v) is 5.91. The molecule has 0 aliphatic rings. The first-order valence-electron chi connectivity index (χ1n) is 5.91. The molecular weight excluding hydrogens is 241 g/mol. The van der Waals surface area contributed by atoms with E-state index in [4.69, 9.17) is 5.73 Å². The largest absolute Gasteiger partial charge is 0.384 e. The Morgan fingerprint density at radius 3 is 2.74 bits per heavy atom. The van der Waals surface area contributed by atoms with Gasteiger partial charge >= 0.3 is 0 Å². The molecule has 19 heavy (non-hydrogen) atoms. The third-order valence-corrected chi connectivity index (χ3v) is 3.21. The highest BCUT2D eigenvalue weighted by Crippen LogP contribution is 2.27. The topological polar surface area (TPSA) is 51.8 Å². The van der Waals surface area contributed by atoms with Gasteiger partial charge in [-0.15, -0.1) is 0 Å². The van der Waals surface area contributed by atoms with Crippen molar-refractivity contribution >= 4 is 16.6 Å².